The summed E-state index contributed by atoms with van der Waals surface area (Å²) >= 11 is 0. The molecule has 2 heterocycles. The molecule has 0 bridgehead atoms. The van der Waals surface area contributed by atoms with Crippen molar-refractivity contribution in [3.63, 3.8) is 0 Å². The van der Waals surface area contributed by atoms with Crippen molar-refractivity contribution in [3.8, 4) is 0 Å². The quantitative estimate of drug-likeness (QED) is 0.598. The molecule has 0 aliphatic carbocycles. The fourth-order valence-corrected chi connectivity index (χ4v) is 3.02. The highest BCUT2D eigenvalue weighted by Crippen LogP contribution is 2.36. The second kappa shape index (κ2) is 5.26. The molecule has 1 fully saturated rings. The Hall–Kier alpha value is -1.12. The first-order valence-corrected chi connectivity index (χ1v) is 8.44. The van der Waals surface area contributed by atoms with Crippen LogP contribution in [-0.2, 0) is 19.3 Å². The van der Waals surface area contributed by atoms with Crippen LogP contribution in [0.4, 0.5) is 0 Å². The molecular formula is C13H21BN2O4S. The van der Waals surface area contributed by atoms with Gasteiger partial charge in [-0.1, -0.05) is 6.08 Å². The first kappa shape index (κ1) is 16.3. The van der Waals surface area contributed by atoms with E-state index in [4.69, 9.17) is 9.31 Å². The highest BCUT2D eigenvalue weighted by molar-refractivity contribution is 7.89. The zero-order chi connectivity index (χ0) is 15.9. The minimum absolute atomic E-state index is 0.0268. The van der Waals surface area contributed by atoms with E-state index in [1.165, 1.54) is 12.4 Å². The van der Waals surface area contributed by atoms with E-state index in [9.17, 15) is 8.42 Å². The molecule has 0 aromatic carbocycles. The van der Waals surface area contributed by atoms with Gasteiger partial charge in [0.05, 0.1) is 17.0 Å². The Labute approximate surface area is 126 Å². The van der Waals surface area contributed by atoms with Gasteiger partial charge in [-0.05, 0) is 34.1 Å². The van der Waals surface area contributed by atoms with Gasteiger partial charge in [-0.25, -0.2) is 8.42 Å². The predicted molar refractivity (Wildman–Crippen MR) is 81.9 cm³/mol. The van der Waals surface area contributed by atoms with Gasteiger partial charge in [-0.3, -0.25) is 0 Å². The summed E-state index contributed by atoms with van der Waals surface area (Å²) in [6, 6.07) is 0. The number of rotatable bonds is 5. The van der Waals surface area contributed by atoms with Gasteiger partial charge >= 0.3 is 7.12 Å². The van der Waals surface area contributed by atoms with Gasteiger partial charge in [-0.15, -0.1) is 6.58 Å². The van der Waals surface area contributed by atoms with E-state index in [0.717, 1.165) is 4.09 Å². The van der Waals surface area contributed by atoms with Crippen molar-refractivity contribution in [1.82, 2.24) is 9.19 Å². The fraction of sp³-hybridized carbons (Fsp3) is 0.615. The van der Waals surface area contributed by atoms with Gasteiger partial charge in [0.1, 0.15) is 0 Å². The molecule has 0 N–H and O–H groups in total. The summed E-state index contributed by atoms with van der Waals surface area (Å²) in [4.78, 5) is 0. The van der Waals surface area contributed by atoms with Crippen LogP contribution in [-0.4, -0.2) is 41.7 Å². The van der Waals surface area contributed by atoms with Crippen molar-refractivity contribution >= 4 is 22.6 Å². The summed E-state index contributed by atoms with van der Waals surface area (Å²) in [6.07, 6.45) is 4.86. The number of allylic oxidation sites excluding steroid dienone is 1. The Morgan fingerprint density at radius 1 is 1.33 bits per heavy atom. The number of hydrogen-bond donors (Lipinski definition) is 0. The Kier molecular flexibility index (Phi) is 4.07. The summed E-state index contributed by atoms with van der Waals surface area (Å²) in [5.41, 5.74) is -0.348. The van der Waals surface area contributed by atoms with E-state index in [2.05, 4.69) is 11.7 Å². The molecule has 1 aliphatic heterocycles. The third-order valence-corrected chi connectivity index (χ3v) is 5.49. The zero-order valence-electron chi connectivity index (χ0n) is 12.9. The molecule has 1 aliphatic rings. The van der Waals surface area contributed by atoms with E-state index in [0.29, 0.717) is 11.9 Å². The van der Waals surface area contributed by atoms with Gasteiger partial charge in [0.25, 0.3) is 10.0 Å². The van der Waals surface area contributed by atoms with Crippen LogP contribution in [0.2, 0.25) is 0 Å². The first-order valence-electron chi connectivity index (χ1n) is 6.83. The van der Waals surface area contributed by atoms with Crippen molar-refractivity contribution in [1.29, 1.82) is 0 Å². The molecule has 0 amide bonds. The van der Waals surface area contributed by atoms with Crippen LogP contribution in [0.15, 0.2) is 25.0 Å². The van der Waals surface area contributed by atoms with Crippen molar-refractivity contribution < 1.29 is 17.7 Å². The third-order valence-electron chi connectivity index (χ3n) is 3.97. The van der Waals surface area contributed by atoms with Crippen molar-refractivity contribution in [2.75, 3.05) is 5.75 Å². The highest BCUT2D eigenvalue weighted by Gasteiger charge is 2.52. The van der Waals surface area contributed by atoms with Gasteiger partial charge in [-0.2, -0.15) is 9.19 Å². The molecule has 0 spiro atoms. The predicted octanol–water partition coefficient (Wildman–Crippen LogP) is 0.936. The fourth-order valence-electron chi connectivity index (χ4n) is 1.90. The maximum absolute atomic E-state index is 12.0. The Balaban J connectivity index is 2.20. The minimum Gasteiger partial charge on any atom is -0.399 e. The summed E-state index contributed by atoms with van der Waals surface area (Å²) < 4.78 is 36.8. The van der Waals surface area contributed by atoms with Gasteiger partial charge in [0.2, 0.25) is 0 Å². The molecular weight excluding hydrogens is 291 g/mol. The topological polar surface area (TPSA) is 70.4 Å². The van der Waals surface area contributed by atoms with Crippen LogP contribution in [0.25, 0.3) is 0 Å². The molecule has 1 aromatic heterocycles. The maximum Gasteiger partial charge on any atom is 0.498 e. The standard InChI is InChI=1S/C13H21BN2O4S/c1-6-7-8-21(17,18)16-10-11(9-15-16)14-19-12(2,3)13(4,5)20-14/h6,9-10H,1,7-8H2,2-5H3. The second-order valence-electron chi connectivity index (χ2n) is 6.13. The van der Waals surface area contributed by atoms with Crippen molar-refractivity contribution in [2.45, 2.75) is 45.3 Å². The van der Waals surface area contributed by atoms with Crippen LogP contribution in [0, 0.1) is 0 Å². The van der Waals surface area contributed by atoms with E-state index >= 15 is 0 Å². The molecule has 0 radical (unpaired) electrons. The van der Waals surface area contributed by atoms with Crippen LogP contribution in [0.1, 0.15) is 34.1 Å². The van der Waals surface area contributed by atoms with Crippen LogP contribution < -0.4 is 5.46 Å². The normalized spacial score (nSPS) is 20.7. The van der Waals surface area contributed by atoms with E-state index in [1.807, 2.05) is 27.7 Å². The zero-order valence-corrected chi connectivity index (χ0v) is 13.7. The van der Waals surface area contributed by atoms with E-state index < -0.39 is 28.3 Å². The lowest BCUT2D eigenvalue weighted by Gasteiger charge is -2.32. The monoisotopic (exact) mass is 312 g/mol. The molecule has 1 saturated heterocycles. The molecule has 8 heteroatoms. The summed E-state index contributed by atoms with van der Waals surface area (Å²) in [5.74, 6) is -0.0268. The average Bonchev–Trinajstić information content (AvgIpc) is 2.91. The molecule has 2 rings (SSSR count). The SMILES string of the molecule is C=CCCS(=O)(=O)n1cc(B2OC(C)(C)C(C)(C)O2)cn1. The summed E-state index contributed by atoms with van der Waals surface area (Å²) in [7, 11) is -4.08. The van der Waals surface area contributed by atoms with Gasteiger partial charge < -0.3 is 9.31 Å². The number of hydrogen-bond acceptors (Lipinski definition) is 5. The van der Waals surface area contributed by atoms with Crippen molar-refractivity contribution in [3.05, 3.63) is 25.0 Å². The Morgan fingerprint density at radius 3 is 2.43 bits per heavy atom. The van der Waals surface area contributed by atoms with Crippen molar-refractivity contribution in [2.24, 2.45) is 0 Å². The molecule has 1 aromatic rings. The smallest absolute Gasteiger partial charge is 0.399 e. The Bertz CT molecular complexity index is 620. The average molecular weight is 312 g/mol. The van der Waals surface area contributed by atoms with Crippen LogP contribution in [0.5, 0.6) is 0 Å². The number of nitrogens with zero attached hydrogens (tertiary/aromatic N) is 2. The van der Waals surface area contributed by atoms with Crippen LogP contribution >= 0.6 is 0 Å². The molecule has 0 atom stereocenters. The third kappa shape index (κ3) is 3.07. The van der Waals surface area contributed by atoms with Gasteiger partial charge in [0.15, 0.2) is 0 Å². The van der Waals surface area contributed by atoms with Gasteiger partial charge in [0, 0.05) is 17.9 Å². The summed E-state index contributed by atoms with van der Waals surface area (Å²) in [5, 5.41) is 3.92. The number of aromatic nitrogens is 2. The molecule has 0 unspecified atom stereocenters. The molecule has 116 valence electrons. The highest BCUT2D eigenvalue weighted by atomic mass is 32.2. The Morgan fingerprint density at radius 2 is 1.90 bits per heavy atom. The largest absolute Gasteiger partial charge is 0.498 e. The second-order valence-corrected chi connectivity index (χ2v) is 8.07. The van der Waals surface area contributed by atoms with E-state index in [-0.39, 0.29) is 5.75 Å². The lowest BCUT2D eigenvalue weighted by atomic mass is 9.82. The maximum atomic E-state index is 12.0. The summed E-state index contributed by atoms with van der Waals surface area (Å²) in [6.45, 7) is 11.3. The van der Waals surface area contributed by atoms with E-state index in [1.54, 1.807) is 6.08 Å². The van der Waals surface area contributed by atoms with Crippen LogP contribution in [0.3, 0.4) is 0 Å². The molecule has 6 nitrogen and oxygen atoms in total. The molecule has 0 saturated carbocycles. The lowest BCUT2D eigenvalue weighted by molar-refractivity contribution is 0.00578. The lowest BCUT2D eigenvalue weighted by Crippen LogP contribution is -2.41. The first-order chi connectivity index (χ1) is 9.59. The molecule has 21 heavy (non-hydrogen) atoms. The minimum atomic E-state index is -3.47.